The van der Waals surface area contributed by atoms with Crippen LogP contribution in [-0.4, -0.2) is 9.97 Å². The van der Waals surface area contributed by atoms with Crippen molar-refractivity contribution in [3.8, 4) is 0 Å². The lowest BCUT2D eigenvalue weighted by Crippen LogP contribution is -1.97. The number of nitrogens with zero attached hydrogens (tertiary/aromatic N) is 2. The van der Waals surface area contributed by atoms with Crippen molar-refractivity contribution in [1.29, 1.82) is 0 Å². The summed E-state index contributed by atoms with van der Waals surface area (Å²) in [6, 6.07) is 6.44. The van der Waals surface area contributed by atoms with Crippen molar-refractivity contribution in [2.45, 2.75) is 19.3 Å². The Hall–Kier alpha value is -1.13. The number of hydrogen-bond donors (Lipinski definition) is 1. The summed E-state index contributed by atoms with van der Waals surface area (Å²) >= 11 is 9.32. The van der Waals surface area contributed by atoms with E-state index in [4.69, 9.17) is 11.6 Å². The van der Waals surface area contributed by atoms with Gasteiger partial charge in [0.15, 0.2) is 0 Å². The highest BCUT2D eigenvalue weighted by Crippen LogP contribution is 2.30. The summed E-state index contributed by atoms with van der Waals surface area (Å²) in [5.74, 6) is 0.688. The van der Waals surface area contributed by atoms with Crippen LogP contribution in [0.1, 0.15) is 17.5 Å². The molecule has 92 valence electrons. The molecule has 3 rings (SSSR count). The quantitative estimate of drug-likeness (QED) is 0.844. The van der Waals surface area contributed by atoms with Gasteiger partial charge >= 0.3 is 0 Å². The van der Waals surface area contributed by atoms with Crippen LogP contribution < -0.4 is 5.32 Å². The minimum absolute atomic E-state index is 0.411. The predicted octanol–water partition coefficient (Wildman–Crippen LogP) is 4.12. The van der Waals surface area contributed by atoms with E-state index in [1.807, 2.05) is 0 Å². The fraction of sp³-hybridized carbons (Fsp3) is 0.231. The molecule has 0 aliphatic heterocycles. The number of aryl methyl sites for hydroxylation is 2. The standard InChI is InChI=1S/C13H11BrClN3/c14-11-12(15)16-7-17-13(11)18-10-5-4-8-2-1-3-9(8)6-10/h4-7H,1-3H2,(H,16,17,18). The lowest BCUT2D eigenvalue weighted by molar-refractivity contribution is 0.912. The first-order chi connectivity index (χ1) is 8.74. The molecule has 0 unspecified atom stereocenters. The van der Waals surface area contributed by atoms with Crippen LogP contribution in [0.4, 0.5) is 11.5 Å². The van der Waals surface area contributed by atoms with E-state index in [-0.39, 0.29) is 0 Å². The van der Waals surface area contributed by atoms with Crippen LogP contribution >= 0.6 is 27.5 Å². The molecule has 0 atom stereocenters. The van der Waals surface area contributed by atoms with E-state index in [9.17, 15) is 0 Å². The molecule has 0 saturated heterocycles. The Labute approximate surface area is 119 Å². The van der Waals surface area contributed by atoms with E-state index < -0.39 is 0 Å². The fourth-order valence-corrected chi connectivity index (χ4v) is 2.66. The van der Waals surface area contributed by atoms with Crippen LogP contribution in [0.2, 0.25) is 5.15 Å². The topological polar surface area (TPSA) is 37.8 Å². The maximum atomic E-state index is 5.94. The number of fused-ring (bicyclic) bond motifs is 1. The number of rotatable bonds is 2. The normalized spacial score (nSPS) is 13.4. The van der Waals surface area contributed by atoms with Gasteiger partial charge in [-0.25, -0.2) is 9.97 Å². The summed E-state index contributed by atoms with van der Waals surface area (Å²) < 4.78 is 0.687. The number of aromatic nitrogens is 2. The van der Waals surface area contributed by atoms with Gasteiger partial charge in [-0.1, -0.05) is 17.7 Å². The maximum absolute atomic E-state index is 5.94. The molecule has 0 fully saturated rings. The van der Waals surface area contributed by atoms with Gasteiger partial charge in [0.1, 0.15) is 17.3 Å². The zero-order valence-electron chi connectivity index (χ0n) is 9.58. The Morgan fingerprint density at radius 1 is 1.17 bits per heavy atom. The van der Waals surface area contributed by atoms with E-state index in [1.54, 1.807) is 0 Å². The molecular formula is C13H11BrClN3. The molecule has 1 aliphatic carbocycles. The molecule has 0 spiro atoms. The SMILES string of the molecule is Clc1ncnc(Nc2ccc3c(c2)CCC3)c1Br. The second kappa shape index (κ2) is 4.86. The predicted molar refractivity (Wildman–Crippen MR) is 76.5 cm³/mol. The summed E-state index contributed by atoms with van der Waals surface area (Å²) in [5, 5.41) is 3.67. The largest absolute Gasteiger partial charge is 0.339 e. The molecular weight excluding hydrogens is 314 g/mol. The molecule has 18 heavy (non-hydrogen) atoms. The zero-order chi connectivity index (χ0) is 12.5. The molecule has 0 saturated carbocycles. The highest BCUT2D eigenvalue weighted by atomic mass is 79.9. The van der Waals surface area contributed by atoms with Crippen LogP contribution in [-0.2, 0) is 12.8 Å². The molecule has 1 N–H and O–H groups in total. The van der Waals surface area contributed by atoms with Crippen molar-refractivity contribution in [3.63, 3.8) is 0 Å². The van der Waals surface area contributed by atoms with Crippen molar-refractivity contribution >= 4 is 39.0 Å². The van der Waals surface area contributed by atoms with Gasteiger partial charge in [-0.05, 0) is 58.5 Å². The zero-order valence-corrected chi connectivity index (χ0v) is 11.9. The van der Waals surface area contributed by atoms with E-state index >= 15 is 0 Å². The Kier molecular flexibility index (Phi) is 3.22. The van der Waals surface area contributed by atoms with Crippen molar-refractivity contribution in [1.82, 2.24) is 9.97 Å². The summed E-state index contributed by atoms with van der Waals surface area (Å²) in [6.07, 6.45) is 5.06. The first kappa shape index (κ1) is 11.9. The van der Waals surface area contributed by atoms with Crippen LogP contribution in [0, 0.1) is 0 Å². The average Bonchev–Trinajstić information content (AvgIpc) is 2.82. The summed E-state index contributed by atoms with van der Waals surface area (Å²) in [7, 11) is 0. The number of hydrogen-bond acceptors (Lipinski definition) is 3. The monoisotopic (exact) mass is 323 g/mol. The molecule has 0 amide bonds. The summed E-state index contributed by atoms with van der Waals surface area (Å²) in [5.41, 5.74) is 3.92. The molecule has 1 aliphatic rings. The summed E-state index contributed by atoms with van der Waals surface area (Å²) in [4.78, 5) is 8.08. The van der Waals surface area contributed by atoms with Gasteiger partial charge in [0, 0.05) is 5.69 Å². The third-order valence-electron chi connectivity index (χ3n) is 3.11. The van der Waals surface area contributed by atoms with Crippen LogP contribution in [0.15, 0.2) is 29.0 Å². The second-order valence-corrected chi connectivity index (χ2v) is 5.44. The number of halogens is 2. The average molecular weight is 325 g/mol. The van der Waals surface area contributed by atoms with E-state index in [0.29, 0.717) is 15.4 Å². The molecule has 0 radical (unpaired) electrons. The van der Waals surface area contributed by atoms with Crippen LogP contribution in [0.3, 0.4) is 0 Å². The third-order valence-corrected chi connectivity index (χ3v) is 4.37. The molecule has 5 heteroatoms. The Morgan fingerprint density at radius 3 is 2.89 bits per heavy atom. The van der Waals surface area contributed by atoms with Crippen LogP contribution in [0.25, 0.3) is 0 Å². The lowest BCUT2D eigenvalue weighted by atomic mass is 10.1. The molecule has 2 aromatic rings. The number of nitrogens with one attached hydrogen (secondary N) is 1. The van der Waals surface area contributed by atoms with Crippen molar-refractivity contribution in [3.05, 3.63) is 45.3 Å². The molecule has 1 heterocycles. The highest BCUT2D eigenvalue weighted by molar-refractivity contribution is 9.10. The van der Waals surface area contributed by atoms with Gasteiger partial charge in [0.05, 0.1) is 4.47 Å². The van der Waals surface area contributed by atoms with Crippen LogP contribution in [0.5, 0.6) is 0 Å². The van der Waals surface area contributed by atoms with E-state index in [2.05, 4.69) is 49.4 Å². The lowest BCUT2D eigenvalue weighted by Gasteiger charge is -2.09. The van der Waals surface area contributed by atoms with Gasteiger partial charge in [0.25, 0.3) is 0 Å². The van der Waals surface area contributed by atoms with E-state index in [0.717, 1.165) is 12.1 Å². The summed E-state index contributed by atoms with van der Waals surface area (Å²) in [6.45, 7) is 0. The van der Waals surface area contributed by atoms with Gasteiger partial charge in [-0.3, -0.25) is 0 Å². The van der Waals surface area contributed by atoms with Crippen molar-refractivity contribution in [2.75, 3.05) is 5.32 Å². The Bertz CT molecular complexity index is 601. The smallest absolute Gasteiger partial charge is 0.149 e. The first-order valence-corrected chi connectivity index (χ1v) is 6.96. The fourth-order valence-electron chi connectivity index (χ4n) is 2.22. The van der Waals surface area contributed by atoms with Gasteiger partial charge in [-0.2, -0.15) is 0 Å². The minimum Gasteiger partial charge on any atom is -0.339 e. The molecule has 1 aromatic carbocycles. The second-order valence-electron chi connectivity index (χ2n) is 4.29. The van der Waals surface area contributed by atoms with Crippen molar-refractivity contribution in [2.24, 2.45) is 0 Å². The van der Waals surface area contributed by atoms with Gasteiger partial charge in [0.2, 0.25) is 0 Å². The maximum Gasteiger partial charge on any atom is 0.149 e. The Morgan fingerprint density at radius 2 is 2.00 bits per heavy atom. The van der Waals surface area contributed by atoms with Crippen molar-refractivity contribution < 1.29 is 0 Å². The van der Waals surface area contributed by atoms with Gasteiger partial charge < -0.3 is 5.32 Å². The minimum atomic E-state index is 0.411. The number of anilines is 2. The number of benzene rings is 1. The molecule has 0 bridgehead atoms. The Balaban J connectivity index is 1.90. The third kappa shape index (κ3) is 2.22. The molecule has 3 nitrogen and oxygen atoms in total. The highest BCUT2D eigenvalue weighted by Gasteiger charge is 2.12. The van der Waals surface area contributed by atoms with Gasteiger partial charge in [-0.15, -0.1) is 0 Å². The molecule has 1 aromatic heterocycles. The van der Waals surface area contributed by atoms with E-state index in [1.165, 1.54) is 30.3 Å². The first-order valence-electron chi connectivity index (χ1n) is 5.79.